The highest BCUT2D eigenvalue weighted by Crippen LogP contribution is 2.28. The summed E-state index contributed by atoms with van der Waals surface area (Å²) in [6.45, 7) is 6.07. The van der Waals surface area contributed by atoms with E-state index in [1.54, 1.807) is 24.3 Å². The molecule has 0 heterocycles. The van der Waals surface area contributed by atoms with Gasteiger partial charge in [-0.25, -0.2) is 4.79 Å². The van der Waals surface area contributed by atoms with Crippen molar-refractivity contribution in [2.45, 2.75) is 39.2 Å². The number of benzene rings is 1. The molecule has 0 radical (unpaired) electrons. The van der Waals surface area contributed by atoms with Crippen LogP contribution < -0.4 is 10.1 Å². The number of hydrogen-bond donors (Lipinski definition) is 2. The Morgan fingerprint density at radius 3 is 2.62 bits per heavy atom. The second-order valence-electron chi connectivity index (χ2n) is 6.13. The molecule has 0 bridgehead atoms. The number of hydrogen-bond acceptors (Lipinski definition) is 3. The molecule has 4 heteroatoms. The van der Waals surface area contributed by atoms with E-state index in [-0.39, 0.29) is 5.56 Å². The van der Waals surface area contributed by atoms with Crippen molar-refractivity contribution in [3.05, 3.63) is 29.8 Å². The standard InChI is InChI=1S/C17H25NO3/c1-12-3-8-16(13(2)11-12)18-9-10-21-15-6-4-14(5-7-15)17(19)20/h4-7,12-13,16,18H,3,8-11H2,1-2H3,(H,19,20). The second-order valence-corrected chi connectivity index (χ2v) is 6.13. The highest BCUT2D eigenvalue weighted by molar-refractivity contribution is 5.87. The van der Waals surface area contributed by atoms with Crippen LogP contribution in [-0.2, 0) is 0 Å². The molecule has 2 N–H and O–H groups in total. The molecular weight excluding hydrogens is 266 g/mol. The predicted octanol–water partition coefficient (Wildman–Crippen LogP) is 3.18. The quantitative estimate of drug-likeness (QED) is 0.790. The van der Waals surface area contributed by atoms with E-state index >= 15 is 0 Å². The van der Waals surface area contributed by atoms with E-state index < -0.39 is 5.97 Å². The van der Waals surface area contributed by atoms with Gasteiger partial charge in [-0.15, -0.1) is 0 Å². The van der Waals surface area contributed by atoms with Crippen molar-refractivity contribution in [2.24, 2.45) is 11.8 Å². The van der Waals surface area contributed by atoms with Gasteiger partial charge in [-0.3, -0.25) is 0 Å². The first-order valence-corrected chi connectivity index (χ1v) is 7.76. The molecule has 1 aromatic carbocycles. The Kier molecular flexibility index (Phi) is 5.62. The second kappa shape index (κ2) is 7.46. The summed E-state index contributed by atoms with van der Waals surface area (Å²) in [5.74, 6) is 1.38. The number of ether oxygens (including phenoxy) is 1. The third-order valence-electron chi connectivity index (χ3n) is 4.31. The smallest absolute Gasteiger partial charge is 0.335 e. The van der Waals surface area contributed by atoms with Gasteiger partial charge < -0.3 is 15.2 Å². The Bertz CT molecular complexity index is 458. The fourth-order valence-electron chi connectivity index (χ4n) is 3.08. The fourth-order valence-corrected chi connectivity index (χ4v) is 3.08. The molecule has 1 aliphatic carbocycles. The summed E-state index contributed by atoms with van der Waals surface area (Å²) in [5.41, 5.74) is 0.283. The Labute approximate surface area is 126 Å². The van der Waals surface area contributed by atoms with E-state index in [4.69, 9.17) is 9.84 Å². The third kappa shape index (κ3) is 4.74. The van der Waals surface area contributed by atoms with Gasteiger partial charge in [0, 0.05) is 12.6 Å². The zero-order valence-corrected chi connectivity index (χ0v) is 12.8. The summed E-state index contributed by atoms with van der Waals surface area (Å²) in [6.07, 6.45) is 3.85. The fraction of sp³-hybridized carbons (Fsp3) is 0.588. The van der Waals surface area contributed by atoms with E-state index in [0.29, 0.717) is 18.4 Å². The van der Waals surface area contributed by atoms with Gasteiger partial charge in [0.1, 0.15) is 12.4 Å². The third-order valence-corrected chi connectivity index (χ3v) is 4.31. The first-order valence-electron chi connectivity index (χ1n) is 7.76. The Morgan fingerprint density at radius 1 is 1.29 bits per heavy atom. The van der Waals surface area contributed by atoms with E-state index in [0.717, 1.165) is 18.4 Å². The molecule has 1 aliphatic rings. The molecule has 0 amide bonds. The minimum Gasteiger partial charge on any atom is -0.492 e. The van der Waals surface area contributed by atoms with Crippen LogP contribution in [0.2, 0.25) is 0 Å². The van der Waals surface area contributed by atoms with Crippen molar-refractivity contribution in [1.82, 2.24) is 5.32 Å². The van der Waals surface area contributed by atoms with Crippen LogP contribution in [0.25, 0.3) is 0 Å². The number of carboxylic acid groups (broad SMARTS) is 1. The van der Waals surface area contributed by atoms with Crippen LogP contribution >= 0.6 is 0 Å². The molecule has 116 valence electrons. The van der Waals surface area contributed by atoms with E-state index in [1.807, 2.05) is 0 Å². The van der Waals surface area contributed by atoms with Gasteiger partial charge in [0.05, 0.1) is 5.56 Å². The number of carbonyl (C=O) groups is 1. The Morgan fingerprint density at radius 2 is 2.00 bits per heavy atom. The van der Waals surface area contributed by atoms with Crippen LogP contribution in [-0.4, -0.2) is 30.3 Å². The Balaban J connectivity index is 1.68. The van der Waals surface area contributed by atoms with Gasteiger partial charge in [-0.05, 0) is 55.4 Å². The van der Waals surface area contributed by atoms with Crippen molar-refractivity contribution in [2.75, 3.05) is 13.2 Å². The lowest BCUT2D eigenvalue weighted by Gasteiger charge is -2.33. The van der Waals surface area contributed by atoms with Gasteiger partial charge >= 0.3 is 5.97 Å². The van der Waals surface area contributed by atoms with Crippen molar-refractivity contribution < 1.29 is 14.6 Å². The molecule has 21 heavy (non-hydrogen) atoms. The van der Waals surface area contributed by atoms with Crippen LogP contribution in [0, 0.1) is 11.8 Å². The molecule has 0 aromatic heterocycles. The number of aromatic carboxylic acids is 1. The first-order chi connectivity index (χ1) is 10.1. The van der Waals surface area contributed by atoms with Crippen LogP contribution in [0.5, 0.6) is 5.75 Å². The monoisotopic (exact) mass is 291 g/mol. The molecule has 0 aliphatic heterocycles. The van der Waals surface area contributed by atoms with Crippen LogP contribution in [0.4, 0.5) is 0 Å². The van der Waals surface area contributed by atoms with Crippen molar-refractivity contribution in [1.29, 1.82) is 0 Å². The molecule has 2 rings (SSSR count). The average molecular weight is 291 g/mol. The molecule has 3 unspecified atom stereocenters. The maximum absolute atomic E-state index is 10.8. The number of carboxylic acids is 1. The summed E-state index contributed by atoms with van der Waals surface area (Å²) in [6, 6.07) is 7.13. The van der Waals surface area contributed by atoms with Crippen molar-refractivity contribution in [3.8, 4) is 5.75 Å². The van der Waals surface area contributed by atoms with Gasteiger partial charge in [0.25, 0.3) is 0 Å². The van der Waals surface area contributed by atoms with Crippen molar-refractivity contribution in [3.63, 3.8) is 0 Å². The van der Waals surface area contributed by atoms with Crippen LogP contribution in [0.15, 0.2) is 24.3 Å². The summed E-state index contributed by atoms with van der Waals surface area (Å²) in [7, 11) is 0. The lowest BCUT2D eigenvalue weighted by molar-refractivity contribution is 0.0697. The Hall–Kier alpha value is -1.55. The van der Waals surface area contributed by atoms with Gasteiger partial charge in [-0.1, -0.05) is 13.8 Å². The number of rotatable bonds is 6. The lowest BCUT2D eigenvalue weighted by Crippen LogP contribution is -2.40. The van der Waals surface area contributed by atoms with Crippen LogP contribution in [0.3, 0.4) is 0 Å². The minimum atomic E-state index is -0.913. The molecule has 1 saturated carbocycles. The molecular formula is C17H25NO3. The average Bonchev–Trinajstić information content (AvgIpc) is 2.46. The van der Waals surface area contributed by atoms with E-state index in [9.17, 15) is 4.79 Å². The largest absolute Gasteiger partial charge is 0.492 e. The summed E-state index contributed by atoms with van der Waals surface area (Å²) in [4.78, 5) is 10.8. The normalized spacial score (nSPS) is 25.5. The van der Waals surface area contributed by atoms with Gasteiger partial charge in [0.2, 0.25) is 0 Å². The highest BCUT2D eigenvalue weighted by Gasteiger charge is 2.24. The SMILES string of the molecule is CC1CCC(NCCOc2ccc(C(=O)O)cc2)C(C)C1. The van der Waals surface area contributed by atoms with Gasteiger partial charge in [-0.2, -0.15) is 0 Å². The summed E-state index contributed by atoms with van der Waals surface area (Å²) in [5, 5.41) is 12.4. The molecule has 0 saturated heterocycles. The molecule has 1 aromatic rings. The minimum absolute atomic E-state index is 0.283. The van der Waals surface area contributed by atoms with E-state index in [2.05, 4.69) is 19.2 Å². The maximum atomic E-state index is 10.8. The number of nitrogens with one attached hydrogen (secondary N) is 1. The van der Waals surface area contributed by atoms with E-state index in [1.165, 1.54) is 19.3 Å². The topological polar surface area (TPSA) is 58.6 Å². The van der Waals surface area contributed by atoms with Crippen molar-refractivity contribution >= 4 is 5.97 Å². The molecule has 0 spiro atoms. The van der Waals surface area contributed by atoms with Crippen LogP contribution in [0.1, 0.15) is 43.5 Å². The van der Waals surface area contributed by atoms with Gasteiger partial charge in [0.15, 0.2) is 0 Å². The maximum Gasteiger partial charge on any atom is 0.335 e. The molecule has 4 nitrogen and oxygen atoms in total. The summed E-state index contributed by atoms with van der Waals surface area (Å²) >= 11 is 0. The predicted molar refractivity (Wildman–Crippen MR) is 82.9 cm³/mol. The summed E-state index contributed by atoms with van der Waals surface area (Å²) < 4.78 is 5.63. The zero-order chi connectivity index (χ0) is 15.2. The lowest BCUT2D eigenvalue weighted by atomic mass is 9.80. The molecule has 3 atom stereocenters. The zero-order valence-electron chi connectivity index (χ0n) is 12.8. The first kappa shape index (κ1) is 15.8. The highest BCUT2D eigenvalue weighted by atomic mass is 16.5. The molecule has 1 fully saturated rings.